The van der Waals surface area contributed by atoms with Gasteiger partial charge in [0.15, 0.2) is 0 Å². The van der Waals surface area contributed by atoms with E-state index in [1.165, 1.54) is 35.2 Å². The van der Waals surface area contributed by atoms with E-state index in [9.17, 15) is 5.11 Å². The van der Waals surface area contributed by atoms with E-state index in [0.29, 0.717) is 22.7 Å². The van der Waals surface area contributed by atoms with Crippen LogP contribution in [0.3, 0.4) is 0 Å². The lowest BCUT2D eigenvalue weighted by atomic mass is 9.69. The molecule has 2 saturated carbocycles. The monoisotopic (exact) mass is 474 g/mol. The van der Waals surface area contributed by atoms with Crippen LogP contribution in [0.25, 0.3) is 0 Å². The zero-order valence-electron chi connectivity index (χ0n) is 19.3. The fourth-order valence-corrected chi connectivity index (χ4v) is 10.9. The summed E-state index contributed by atoms with van der Waals surface area (Å²) in [6.45, 7) is 4.94. The molecule has 2 aliphatic carbocycles. The van der Waals surface area contributed by atoms with E-state index >= 15 is 0 Å². The normalized spacial score (nSPS) is 29.8. The zero-order valence-corrected chi connectivity index (χ0v) is 21.0. The Morgan fingerprint density at radius 2 is 1.61 bits per heavy atom. The Hall–Kier alpha value is -1.80. The predicted octanol–water partition coefficient (Wildman–Crippen LogP) is 6.11. The van der Waals surface area contributed by atoms with Crippen LogP contribution in [0.1, 0.15) is 44.1 Å². The molecule has 3 aromatic rings. The van der Waals surface area contributed by atoms with Gasteiger partial charge < -0.3 is 9.84 Å². The summed E-state index contributed by atoms with van der Waals surface area (Å²) in [6.07, 6.45) is 4.16. The molecule has 2 bridgehead atoms. The van der Waals surface area contributed by atoms with Crippen molar-refractivity contribution in [1.29, 1.82) is 0 Å². The SMILES string of the molecule is CC1(C)[C@@H]2CC[C@]13CS[C@H](c1cc(O)ccc1P(c1ccccc1)c1ccccc1)O[C@@H]3C2. The summed E-state index contributed by atoms with van der Waals surface area (Å²) in [4.78, 5) is 0. The Labute approximate surface area is 202 Å². The molecule has 1 saturated heterocycles. The maximum absolute atomic E-state index is 10.5. The van der Waals surface area contributed by atoms with E-state index in [1.54, 1.807) is 0 Å². The Bertz CT molecular complexity index is 1110. The van der Waals surface area contributed by atoms with Gasteiger partial charge in [-0.15, -0.1) is 11.8 Å². The Morgan fingerprint density at radius 1 is 0.939 bits per heavy atom. The number of benzene rings is 3. The summed E-state index contributed by atoms with van der Waals surface area (Å²) in [5.41, 5.74) is 1.78. The maximum Gasteiger partial charge on any atom is 0.129 e. The topological polar surface area (TPSA) is 29.5 Å². The van der Waals surface area contributed by atoms with Crippen LogP contribution in [0, 0.1) is 16.7 Å². The molecule has 3 aromatic carbocycles. The third-order valence-corrected chi connectivity index (χ3v) is 12.5. The number of thioether (sulfide) groups is 1. The highest BCUT2D eigenvalue weighted by Crippen LogP contribution is 2.70. The minimum atomic E-state index is -0.749. The molecule has 0 aromatic heterocycles. The van der Waals surface area contributed by atoms with Gasteiger partial charge in [0.1, 0.15) is 11.2 Å². The number of ether oxygens (including phenoxy) is 1. The second-order valence-electron chi connectivity index (χ2n) is 10.4. The van der Waals surface area contributed by atoms with Gasteiger partial charge in [0.2, 0.25) is 0 Å². The van der Waals surface area contributed by atoms with Gasteiger partial charge in [-0.05, 0) is 72.6 Å². The van der Waals surface area contributed by atoms with Gasteiger partial charge in [-0.3, -0.25) is 0 Å². The van der Waals surface area contributed by atoms with Crippen molar-refractivity contribution in [2.24, 2.45) is 16.7 Å². The van der Waals surface area contributed by atoms with Gasteiger partial charge in [0.25, 0.3) is 0 Å². The van der Waals surface area contributed by atoms with Crippen molar-refractivity contribution < 1.29 is 9.84 Å². The number of phenols is 1. The van der Waals surface area contributed by atoms with Gasteiger partial charge in [-0.2, -0.15) is 0 Å². The molecule has 33 heavy (non-hydrogen) atoms. The number of hydrogen-bond acceptors (Lipinski definition) is 3. The fraction of sp³-hybridized carbons (Fsp3) is 0.379. The summed E-state index contributed by atoms with van der Waals surface area (Å²) in [7, 11) is -0.749. The molecule has 3 aliphatic rings. The molecule has 0 radical (unpaired) electrons. The smallest absolute Gasteiger partial charge is 0.129 e. The lowest BCUT2D eigenvalue weighted by molar-refractivity contribution is -0.0667. The second-order valence-corrected chi connectivity index (χ2v) is 13.6. The molecule has 1 aliphatic heterocycles. The van der Waals surface area contributed by atoms with Gasteiger partial charge in [-0.1, -0.05) is 74.5 Å². The summed E-state index contributed by atoms with van der Waals surface area (Å²) < 4.78 is 6.94. The van der Waals surface area contributed by atoms with Crippen molar-refractivity contribution in [2.45, 2.75) is 44.6 Å². The van der Waals surface area contributed by atoms with E-state index in [-0.39, 0.29) is 5.44 Å². The maximum atomic E-state index is 10.5. The van der Waals surface area contributed by atoms with Gasteiger partial charge >= 0.3 is 0 Å². The van der Waals surface area contributed by atoms with Gasteiger partial charge in [0, 0.05) is 16.7 Å². The molecule has 2 nitrogen and oxygen atoms in total. The van der Waals surface area contributed by atoms with E-state index < -0.39 is 7.92 Å². The standard InChI is InChI=1S/C29H31O2PS/c1-28(2)20-15-16-29(28)19-33-27(31-26(29)17-20)24-18-21(30)13-14-25(24)32(22-9-5-3-6-10-22)23-11-7-4-8-12-23/h3-14,18,20,26-27,30H,15-17,19H2,1-2H3/t20-,26-,27-,29-/m1/s1. The molecule has 1 N–H and O–H groups in total. The Balaban J connectivity index is 1.42. The van der Waals surface area contributed by atoms with Crippen molar-refractivity contribution in [3.8, 4) is 5.75 Å². The molecule has 1 spiro atoms. The summed E-state index contributed by atoms with van der Waals surface area (Å²) in [6, 6.07) is 27.5. The van der Waals surface area contributed by atoms with Crippen LogP contribution in [0.2, 0.25) is 0 Å². The molecule has 170 valence electrons. The first-order valence-corrected chi connectivity index (χ1v) is 14.4. The summed E-state index contributed by atoms with van der Waals surface area (Å²) in [5.74, 6) is 2.24. The number of hydrogen-bond donors (Lipinski definition) is 1. The number of fused-ring (bicyclic) bond motifs is 1. The first-order valence-electron chi connectivity index (χ1n) is 12.0. The number of aromatic hydroxyl groups is 1. The Morgan fingerprint density at radius 3 is 2.24 bits per heavy atom. The minimum Gasteiger partial charge on any atom is -0.508 e. The van der Waals surface area contributed by atoms with Crippen molar-refractivity contribution in [3.63, 3.8) is 0 Å². The van der Waals surface area contributed by atoms with E-state index in [2.05, 4.69) is 80.6 Å². The molecule has 4 atom stereocenters. The van der Waals surface area contributed by atoms with Crippen LogP contribution in [-0.2, 0) is 4.74 Å². The third-order valence-electron chi connectivity index (χ3n) is 8.67. The first-order chi connectivity index (χ1) is 16.0. The third kappa shape index (κ3) is 3.39. The van der Waals surface area contributed by atoms with Crippen LogP contribution in [0.15, 0.2) is 78.9 Å². The van der Waals surface area contributed by atoms with Crippen molar-refractivity contribution >= 4 is 35.6 Å². The molecule has 1 heterocycles. The van der Waals surface area contributed by atoms with Crippen LogP contribution in [0.5, 0.6) is 5.75 Å². The lowest BCUT2D eigenvalue weighted by Gasteiger charge is -2.47. The van der Waals surface area contributed by atoms with E-state index in [1.807, 2.05) is 23.9 Å². The molecular weight excluding hydrogens is 443 g/mol. The molecule has 0 amide bonds. The predicted molar refractivity (Wildman–Crippen MR) is 140 cm³/mol. The van der Waals surface area contributed by atoms with Crippen LogP contribution in [-0.4, -0.2) is 17.0 Å². The van der Waals surface area contributed by atoms with E-state index in [0.717, 1.165) is 17.2 Å². The quantitative estimate of drug-likeness (QED) is 0.463. The van der Waals surface area contributed by atoms with Crippen LogP contribution >= 0.6 is 19.7 Å². The van der Waals surface area contributed by atoms with Crippen LogP contribution in [0.4, 0.5) is 0 Å². The van der Waals surface area contributed by atoms with E-state index in [4.69, 9.17) is 4.74 Å². The molecule has 6 rings (SSSR count). The highest BCUT2D eigenvalue weighted by molar-refractivity contribution is 7.99. The van der Waals surface area contributed by atoms with Gasteiger partial charge in [-0.25, -0.2) is 0 Å². The number of phenolic OH excluding ortho intramolecular Hbond substituents is 1. The molecular formula is C29H31O2PS. The lowest BCUT2D eigenvalue weighted by Crippen LogP contribution is -2.46. The zero-order chi connectivity index (χ0) is 22.6. The first kappa shape index (κ1) is 21.7. The second kappa shape index (κ2) is 8.15. The largest absolute Gasteiger partial charge is 0.508 e. The van der Waals surface area contributed by atoms with Crippen molar-refractivity contribution in [3.05, 3.63) is 84.4 Å². The highest BCUT2D eigenvalue weighted by atomic mass is 32.2. The Kier molecular flexibility index (Phi) is 5.36. The summed E-state index contributed by atoms with van der Waals surface area (Å²) >= 11 is 1.95. The van der Waals surface area contributed by atoms with Crippen molar-refractivity contribution in [2.75, 3.05) is 5.75 Å². The average molecular weight is 475 g/mol. The minimum absolute atomic E-state index is 0.0321. The molecule has 3 fully saturated rings. The number of rotatable bonds is 4. The molecule has 4 heteroatoms. The average Bonchev–Trinajstić information content (AvgIpc) is 3.21. The summed E-state index contributed by atoms with van der Waals surface area (Å²) in [5, 5.41) is 14.4. The fourth-order valence-electron chi connectivity index (χ4n) is 6.62. The van der Waals surface area contributed by atoms with Crippen molar-refractivity contribution in [1.82, 2.24) is 0 Å². The van der Waals surface area contributed by atoms with Gasteiger partial charge in [0.05, 0.1) is 6.10 Å². The highest BCUT2D eigenvalue weighted by Gasteiger charge is 2.66. The van der Waals surface area contributed by atoms with Crippen LogP contribution < -0.4 is 15.9 Å². The molecule has 0 unspecified atom stereocenters.